The van der Waals surface area contributed by atoms with Gasteiger partial charge >= 0.3 is 0 Å². The number of unbranched alkanes of at least 4 members (excludes halogenated alkanes) is 4. The Hall–Kier alpha value is -1.06. The standard InChI is InChI=1S/C15H24O3/c1-2-3-4-5-9-12-15(17,13-16)18-14-10-7-6-8-11-14/h6-8,10-11,16-17H,2-5,9,12-13H2,1H3. The lowest BCUT2D eigenvalue weighted by atomic mass is 10.1. The van der Waals surface area contributed by atoms with Crippen LogP contribution >= 0.6 is 0 Å². The smallest absolute Gasteiger partial charge is 0.231 e. The Morgan fingerprint density at radius 2 is 1.72 bits per heavy atom. The van der Waals surface area contributed by atoms with Gasteiger partial charge in [0, 0.05) is 6.42 Å². The van der Waals surface area contributed by atoms with Crippen LogP contribution in [0.2, 0.25) is 0 Å². The molecule has 3 heteroatoms. The second-order valence-electron chi connectivity index (χ2n) is 4.68. The largest absolute Gasteiger partial charge is 0.460 e. The van der Waals surface area contributed by atoms with E-state index in [-0.39, 0.29) is 6.61 Å². The second-order valence-corrected chi connectivity index (χ2v) is 4.68. The fraction of sp³-hybridized carbons (Fsp3) is 0.600. The molecule has 1 unspecified atom stereocenters. The molecule has 0 saturated heterocycles. The molecule has 0 bridgehead atoms. The fourth-order valence-electron chi connectivity index (χ4n) is 1.88. The molecular weight excluding hydrogens is 228 g/mol. The summed E-state index contributed by atoms with van der Waals surface area (Å²) in [5.74, 6) is -0.865. The quantitative estimate of drug-likeness (QED) is 0.524. The number of aliphatic hydroxyl groups is 2. The molecule has 0 radical (unpaired) electrons. The van der Waals surface area contributed by atoms with E-state index in [1.807, 2.05) is 18.2 Å². The van der Waals surface area contributed by atoms with Gasteiger partial charge in [0.1, 0.15) is 12.4 Å². The minimum atomic E-state index is -1.45. The number of ether oxygens (including phenoxy) is 1. The van der Waals surface area contributed by atoms with E-state index in [1.165, 1.54) is 19.3 Å². The Bertz CT molecular complexity index is 313. The van der Waals surface area contributed by atoms with E-state index >= 15 is 0 Å². The predicted molar refractivity (Wildman–Crippen MR) is 72.5 cm³/mol. The zero-order valence-electron chi connectivity index (χ0n) is 11.1. The summed E-state index contributed by atoms with van der Waals surface area (Å²) >= 11 is 0. The number of benzene rings is 1. The van der Waals surface area contributed by atoms with E-state index in [0.717, 1.165) is 12.8 Å². The summed E-state index contributed by atoms with van der Waals surface area (Å²) in [5, 5.41) is 19.4. The molecule has 0 aliphatic carbocycles. The molecule has 18 heavy (non-hydrogen) atoms. The zero-order valence-corrected chi connectivity index (χ0v) is 11.1. The lowest BCUT2D eigenvalue weighted by Crippen LogP contribution is -2.39. The van der Waals surface area contributed by atoms with Crippen molar-refractivity contribution in [1.29, 1.82) is 0 Å². The SMILES string of the molecule is CCCCCCCC(O)(CO)Oc1ccccc1. The van der Waals surface area contributed by atoms with Gasteiger partial charge in [-0.1, -0.05) is 50.8 Å². The van der Waals surface area contributed by atoms with Crippen LogP contribution in [0.4, 0.5) is 0 Å². The van der Waals surface area contributed by atoms with Crippen LogP contribution in [0.1, 0.15) is 45.4 Å². The highest BCUT2D eigenvalue weighted by molar-refractivity contribution is 5.21. The number of rotatable bonds is 9. The highest BCUT2D eigenvalue weighted by Gasteiger charge is 2.27. The molecule has 2 N–H and O–H groups in total. The zero-order chi connectivity index (χ0) is 13.3. The molecule has 0 saturated carbocycles. The Morgan fingerprint density at radius 3 is 2.33 bits per heavy atom. The summed E-state index contributed by atoms with van der Waals surface area (Å²) in [5.41, 5.74) is 0. The van der Waals surface area contributed by atoms with Crippen LogP contribution in [0.15, 0.2) is 30.3 Å². The highest BCUT2D eigenvalue weighted by Crippen LogP contribution is 2.21. The van der Waals surface area contributed by atoms with Crippen LogP contribution in [-0.4, -0.2) is 22.6 Å². The monoisotopic (exact) mass is 252 g/mol. The summed E-state index contributed by atoms with van der Waals surface area (Å²) in [6.07, 6.45) is 5.98. The van der Waals surface area contributed by atoms with Crippen molar-refractivity contribution in [1.82, 2.24) is 0 Å². The van der Waals surface area contributed by atoms with Gasteiger partial charge in [0.2, 0.25) is 5.79 Å². The molecule has 1 aromatic rings. The maximum Gasteiger partial charge on any atom is 0.231 e. The molecule has 0 aliphatic heterocycles. The molecule has 3 nitrogen and oxygen atoms in total. The van der Waals surface area contributed by atoms with E-state index in [4.69, 9.17) is 4.74 Å². The summed E-state index contributed by atoms with van der Waals surface area (Å²) in [6.45, 7) is 1.79. The van der Waals surface area contributed by atoms with Crippen LogP contribution < -0.4 is 4.74 Å². The lowest BCUT2D eigenvalue weighted by molar-refractivity contribution is -0.170. The van der Waals surface area contributed by atoms with Crippen LogP contribution in [-0.2, 0) is 0 Å². The van der Waals surface area contributed by atoms with E-state index in [1.54, 1.807) is 12.1 Å². The minimum absolute atomic E-state index is 0.379. The maximum absolute atomic E-state index is 10.2. The third kappa shape index (κ3) is 5.52. The van der Waals surface area contributed by atoms with Crippen molar-refractivity contribution in [2.24, 2.45) is 0 Å². The lowest BCUT2D eigenvalue weighted by Gasteiger charge is -2.27. The van der Waals surface area contributed by atoms with Crippen LogP contribution in [0.3, 0.4) is 0 Å². The third-order valence-electron chi connectivity index (χ3n) is 2.97. The van der Waals surface area contributed by atoms with Gasteiger partial charge in [-0.25, -0.2) is 0 Å². The number of para-hydroxylation sites is 1. The van der Waals surface area contributed by atoms with E-state index in [2.05, 4.69) is 6.92 Å². The number of aliphatic hydroxyl groups excluding tert-OH is 1. The first kappa shape index (κ1) is 15.0. The number of hydrogen-bond acceptors (Lipinski definition) is 3. The average molecular weight is 252 g/mol. The first-order chi connectivity index (χ1) is 8.70. The molecule has 102 valence electrons. The third-order valence-corrected chi connectivity index (χ3v) is 2.97. The first-order valence-electron chi connectivity index (χ1n) is 6.77. The molecule has 0 spiro atoms. The Morgan fingerprint density at radius 1 is 1.06 bits per heavy atom. The molecule has 0 aliphatic rings. The van der Waals surface area contributed by atoms with Crippen molar-refractivity contribution < 1.29 is 14.9 Å². The van der Waals surface area contributed by atoms with Crippen molar-refractivity contribution in [2.45, 2.75) is 51.2 Å². The van der Waals surface area contributed by atoms with E-state index in [9.17, 15) is 10.2 Å². The van der Waals surface area contributed by atoms with Gasteiger partial charge in [-0.2, -0.15) is 0 Å². The van der Waals surface area contributed by atoms with Crippen LogP contribution in [0.5, 0.6) is 5.75 Å². The first-order valence-corrected chi connectivity index (χ1v) is 6.77. The Kier molecular flexibility index (Phi) is 6.76. The normalized spacial score (nSPS) is 14.2. The summed E-state index contributed by atoms with van der Waals surface area (Å²) in [4.78, 5) is 0. The maximum atomic E-state index is 10.2. The summed E-state index contributed by atoms with van der Waals surface area (Å²) in [6, 6.07) is 9.12. The van der Waals surface area contributed by atoms with Crippen LogP contribution in [0, 0.1) is 0 Å². The molecule has 1 rings (SSSR count). The van der Waals surface area contributed by atoms with Gasteiger partial charge in [-0.15, -0.1) is 0 Å². The van der Waals surface area contributed by atoms with E-state index in [0.29, 0.717) is 12.2 Å². The van der Waals surface area contributed by atoms with Crippen molar-refractivity contribution in [2.75, 3.05) is 6.61 Å². The van der Waals surface area contributed by atoms with Crippen LogP contribution in [0.25, 0.3) is 0 Å². The van der Waals surface area contributed by atoms with Gasteiger partial charge in [0.05, 0.1) is 0 Å². The molecular formula is C15H24O3. The summed E-state index contributed by atoms with van der Waals surface area (Å²) < 4.78 is 5.46. The van der Waals surface area contributed by atoms with Gasteiger partial charge in [0.15, 0.2) is 0 Å². The van der Waals surface area contributed by atoms with Gasteiger partial charge < -0.3 is 14.9 Å². The Labute approximate surface area is 109 Å². The fourth-order valence-corrected chi connectivity index (χ4v) is 1.88. The topological polar surface area (TPSA) is 49.7 Å². The molecule has 0 fully saturated rings. The van der Waals surface area contributed by atoms with Gasteiger partial charge in [0.25, 0.3) is 0 Å². The summed E-state index contributed by atoms with van der Waals surface area (Å²) in [7, 11) is 0. The average Bonchev–Trinajstić information content (AvgIpc) is 2.40. The Balaban J connectivity index is 2.37. The molecule has 1 aromatic carbocycles. The van der Waals surface area contributed by atoms with Crippen molar-refractivity contribution >= 4 is 0 Å². The van der Waals surface area contributed by atoms with E-state index < -0.39 is 5.79 Å². The minimum Gasteiger partial charge on any atom is -0.460 e. The molecule has 0 amide bonds. The van der Waals surface area contributed by atoms with Gasteiger partial charge in [-0.3, -0.25) is 0 Å². The second kappa shape index (κ2) is 8.11. The molecule has 0 heterocycles. The molecule has 1 atom stereocenters. The van der Waals surface area contributed by atoms with Crippen molar-refractivity contribution in [3.05, 3.63) is 30.3 Å². The molecule has 0 aromatic heterocycles. The highest BCUT2D eigenvalue weighted by atomic mass is 16.6. The van der Waals surface area contributed by atoms with Crippen molar-refractivity contribution in [3.8, 4) is 5.75 Å². The van der Waals surface area contributed by atoms with Crippen molar-refractivity contribution in [3.63, 3.8) is 0 Å². The predicted octanol–water partition coefficient (Wildman–Crippen LogP) is 3.11. The van der Waals surface area contributed by atoms with Gasteiger partial charge in [-0.05, 0) is 18.6 Å². The number of hydrogen-bond donors (Lipinski definition) is 2.